The Morgan fingerprint density at radius 2 is 2.17 bits per heavy atom. The number of benzene rings is 1. The van der Waals surface area contributed by atoms with Gasteiger partial charge in [0.05, 0.1) is 6.61 Å². The minimum absolute atomic E-state index is 0.237. The lowest BCUT2D eigenvalue weighted by Crippen LogP contribution is -2.32. The number of aromatic nitrogens is 2. The summed E-state index contributed by atoms with van der Waals surface area (Å²) in [6, 6.07) is 10.8. The molecule has 0 fully saturated rings. The molecule has 3 rings (SSSR count). The van der Waals surface area contributed by atoms with Gasteiger partial charge in [0.25, 0.3) is 11.5 Å². The van der Waals surface area contributed by atoms with E-state index < -0.39 is 0 Å². The molecule has 1 aliphatic rings. The normalized spacial score (nSPS) is 16.8. The van der Waals surface area contributed by atoms with Crippen LogP contribution < -0.4 is 15.6 Å². The van der Waals surface area contributed by atoms with Crippen molar-refractivity contribution in [3.05, 3.63) is 58.0 Å². The summed E-state index contributed by atoms with van der Waals surface area (Å²) in [5, 5.41) is 6.86. The van der Waals surface area contributed by atoms with Crippen LogP contribution in [0.15, 0.2) is 41.2 Å². The number of aryl methyl sites for hydroxylation is 1. The van der Waals surface area contributed by atoms with Crippen molar-refractivity contribution in [1.29, 1.82) is 0 Å². The second-order valence-corrected chi connectivity index (χ2v) is 5.71. The summed E-state index contributed by atoms with van der Waals surface area (Å²) in [7, 11) is 1.53. The summed E-state index contributed by atoms with van der Waals surface area (Å²) in [4.78, 5) is 23.5. The van der Waals surface area contributed by atoms with E-state index in [0.717, 1.165) is 23.3 Å². The minimum Gasteiger partial charge on any atom is -0.493 e. The first-order valence-corrected chi connectivity index (χ1v) is 7.67. The van der Waals surface area contributed by atoms with Crippen LogP contribution in [0, 0.1) is 5.92 Å². The molecule has 0 spiro atoms. The number of para-hydroxylation sites is 1. The van der Waals surface area contributed by atoms with Crippen LogP contribution in [0.3, 0.4) is 0 Å². The van der Waals surface area contributed by atoms with Crippen molar-refractivity contribution in [3.8, 4) is 5.75 Å². The van der Waals surface area contributed by atoms with E-state index in [1.807, 2.05) is 18.2 Å². The van der Waals surface area contributed by atoms with E-state index in [9.17, 15) is 9.59 Å². The van der Waals surface area contributed by atoms with E-state index in [-0.39, 0.29) is 17.2 Å². The van der Waals surface area contributed by atoms with Crippen LogP contribution in [0.25, 0.3) is 0 Å². The Bertz CT molecular complexity index is 770. The zero-order valence-corrected chi connectivity index (χ0v) is 13.0. The second kappa shape index (κ2) is 6.64. The molecule has 0 saturated heterocycles. The topological polar surface area (TPSA) is 73.2 Å². The number of hydrogen-bond donors (Lipinski definition) is 1. The van der Waals surface area contributed by atoms with Crippen molar-refractivity contribution in [2.24, 2.45) is 13.0 Å². The lowest BCUT2D eigenvalue weighted by molar-refractivity contribution is 0.0938. The van der Waals surface area contributed by atoms with Gasteiger partial charge in [-0.15, -0.1) is 0 Å². The molecule has 6 heteroatoms. The fraction of sp³-hybridized carbons (Fsp3) is 0.353. The molecule has 2 aromatic rings. The van der Waals surface area contributed by atoms with E-state index in [1.54, 1.807) is 0 Å². The van der Waals surface area contributed by atoms with Crippen LogP contribution in [0.4, 0.5) is 0 Å². The van der Waals surface area contributed by atoms with Crippen LogP contribution in [0.2, 0.25) is 0 Å². The summed E-state index contributed by atoms with van der Waals surface area (Å²) in [6.07, 6.45) is 1.76. The SMILES string of the molecule is Cn1nc(C(=O)NC[C@H]2CCOc3ccccc3C2)ccc1=O. The highest BCUT2D eigenvalue weighted by Gasteiger charge is 2.18. The van der Waals surface area contributed by atoms with Crippen LogP contribution in [0.1, 0.15) is 22.5 Å². The largest absolute Gasteiger partial charge is 0.493 e. The molecular weight excluding hydrogens is 294 g/mol. The van der Waals surface area contributed by atoms with Gasteiger partial charge in [0.1, 0.15) is 11.4 Å². The number of hydrogen-bond acceptors (Lipinski definition) is 4. The van der Waals surface area contributed by atoms with Crippen molar-refractivity contribution in [2.75, 3.05) is 13.2 Å². The molecule has 1 amide bonds. The van der Waals surface area contributed by atoms with Gasteiger partial charge in [-0.1, -0.05) is 18.2 Å². The molecule has 120 valence electrons. The van der Waals surface area contributed by atoms with Gasteiger partial charge in [-0.05, 0) is 36.5 Å². The first-order valence-electron chi connectivity index (χ1n) is 7.67. The van der Waals surface area contributed by atoms with Gasteiger partial charge in [-0.3, -0.25) is 9.59 Å². The molecule has 1 atom stereocenters. The van der Waals surface area contributed by atoms with Gasteiger partial charge in [0.2, 0.25) is 0 Å². The Labute approximate surface area is 134 Å². The third-order valence-corrected chi connectivity index (χ3v) is 4.01. The van der Waals surface area contributed by atoms with Gasteiger partial charge >= 0.3 is 0 Å². The Kier molecular flexibility index (Phi) is 4.41. The number of carbonyl (C=O) groups excluding carboxylic acids is 1. The number of fused-ring (bicyclic) bond motifs is 1. The van der Waals surface area contributed by atoms with E-state index in [0.29, 0.717) is 19.1 Å². The first-order chi connectivity index (χ1) is 11.1. The number of carbonyl (C=O) groups is 1. The molecule has 1 aromatic carbocycles. The molecule has 0 bridgehead atoms. The number of amides is 1. The Balaban J connectivity index is 1.63. The molecule has 23 heavy (non-hydrogen) atoms. The van der Waals surface area contributed by atoms with E-state index in [4.69, 9.17) is 4.74 Å². The van der Waals surface area contributed by atoms with Crippen molar-refractivity contribution in [1.82, 2.24) is 15.1 Å². The third-order valence-electron chi connectivity index (χ3n) is 4.01. The zero-order chi connectivity index (χ0) is 16.2. The summed E-state index contributed by atoms with van der Waals surface area (Å²) in [6.45, 7) is 1.21. The average Bonchev–Trinajstić information content (AvgIpc) is 2.77. The smallest absolute Gasteiger partial charge is 0.271 e. The fourth-order valence-corrected chi connectivity index (χ4v) is 2.69. The Morgan fingerprint density at radius 1 is 1.35 bits per heavy atom. The Hall–Kier alpha value is -2.63. The molecule has 0 aliphatic carbocycles. The quantitative estimate of drug-likeness (QED) is 0.922. The summed E-state index contributed by atoms with van der Waals surface area (Å²) < 4.78 is 6.89. The number of ether oxygens (including phenoxy) is 1. The lowest BCUT2D eigenvalue weighted by atomic mass is 9.97. The van der Waals surface area contributed by atoms with Crippen LogP contribution in [0.5, 0.6) is 5.75 Å². The zero-order valence-electron chi connectivity index (χ0n) is 13.0. The average molecular weight is 313 g/mol. The molecule has 1 aromatic heterocycles. The van der Waals surface area contributed by atoms with Crippen molar-refractivity contribution < 1.29 is 9.53 Å². The maximum Gasteiger partial charge on any atom is 0.271 e. The predicted molar refractivity (Wildman–Crippen MR) is 85.6 cm³/mol. The highest BCUT2D eigenvalue weighted by atomic mass is 16.5. The molecule has 1 aliphatic heterocycles. The van der Waals surface area contributed by atoms with Gasteiger partial charge in [0.15, 0.2) is 0 Å². The fourth-order valence-electron chi connectivity index (χ4n) is 2.69. The molecule has 0 unspecified atom stereocenters. The lowest BCUT2D eigenvalue weighted by Gasteiger charge is -2.14. The summed E-state index contributed by atoms with van der Waals surface area (Å²) >= 11 is 0. The summed E-state index contributed by atoms with van der Waals surface area (Å²) in [5.74, 6) is 0.982. The third kappa shape index (κ3) is 3.59. The van der Waals surface area contributed by atoms with Crippen molar-refractivity contribution in [3.63, 3.8) is 0 Å². The van der Waals surface area contributed by atoms with Gasteiger partial charge < -0.3 is 10.1 Å². The van der Waals surface area contributed by atoms with Crippen molar-refractivity contribution >= 4 is 5.91 Å². The van der Waals surface area contributed by atoms with E-state index >= 15 is 0 Å². The molecule has 0 radical (unpaired) electrons. The second-order valence-electron chi connectivity index (χ2n) is 5.71. The number of nitrogens with zero attached hydrogens (tertiary/aromatic N) is 2. The molecule has 6 nitrogen and oxygen atoms in total. The van der Waals surface area contributed by atoms with Gasteiger partial charge in [-0.25, -0.2) is 4.68 Å². The maximum atomic E-state index is 12.2. The highest BCUT2D eigenvalue weighted by Crippen LogP contribution is 2.26. The highest BCUT2D eigenvalue weighted by molar-refractivity contribution is 5.91. The Morgan fingerprint density at radius 3 is 3.00 bits per heavy atom. The van der Waals surface area contributed by atoms with Gasteiger partial charge in [0, 0.05) is 19.7 Å². The first kappa shape index (κ1) is 15.3. The van der Waals surface area contributed by atoms with Crippen LogP contribution in [-0.4, -0.2) is 28.8 Å². The number of rotatable bonds is 3. The molecular formula is C17H19N3O3. The maximum absolute atomic E-state index is 12.2. The van der Waals surface area contributed by atoms with Crippen molar-refractivity contribution in [2.45, 2.75) is 12.8 Å². The predicted octanol–water partition coefficient (Wildman–Crippen LogP) is 1.15. The minimum atomic E-state index is -0.265. The molecule has 2 heterocycles. The summed E-state index contributed by atoms with van der Waals surface area (Å²) in [5.41, 5.74) is 1.18. The van der Waals surface area contributed by atoms with E-state index in [1.165, 1.54) is 24.7 Å². The monoisotopic (exact) mass is 313 g/mol. The standard InChI is InChI=1S/C17H19N3O3/c1-20-16(21)7-6-14(19-20)17(22)18-11-12-8-9-23-15-5-3-2-4-13(15)10-12/h2-7,12H,8-11H2,1H3,(H,18,22)/t12-/m0/s1. The van der Waals surface area contributed by atoms with Crippen LogP contribution >= 0.6 is 0 Å². The van der Waals surface area contributed by atoms with Crippen LogP contribution in [-0.2, 0) is 13.5 Å². The molecule has 0 saturated carbocycles. The van der Waals surface area contributed by atoms with Gasteiger partial charge in [-0.2, -0.15) is 5.10 Å². The molecule has 1 N–H and O–H groups in total. The number of nitrogens with one attached hydrogen (secondary N) is 1. The van der Waals surface area contributed by atoms with E-state index in [2.05, 4.69) is 16.5 Å².